The number of hydrogen-bond donors (Lipinski definition) is 2. The Hall–Kier alpha value is -2.85. The van der Waals surface area contributed by atoms with Gasteiger partial charge in [-0.25, -0.2) is 4.99 Å². The van der Waals surface area contributed by atoms with Gasteiger partial charge in [0.05, 0.1) is 22.5 Å². The molecule has 0 saturated carbocycles. The third-order valence-corrected chi connectivity index (χ3v) is 4.32. The predicted molar refractivity (Wildman–Crippen MR) is 94.1 cm³/mol. The molecule has 0 atom stereocenters. The number of rotatable bonds is 2. The molecule has 2 N–H and O–H groups in total. The number of aliphatic imine (C=N–C) groups is 1. The Morgan fingerprint density at radius 1 is 1.04 bits per heavy atom. The van der Waals surface area contributed by atoms with Crippen LogP contribution in [0.4, 0.5) is 0 Å². The van der Waals surface area contributed by atoms with Gasteiger partial charge < -0.3 is 10.1 Å². The number of carbonyl (C=O) groups excluding carboxylic acids is 1. The maximum atomic E-state index is 12.5. The molecule has 0 spiro atoms. The van der Waals surface area contributed by atoms with Gasteiger partial charge in [0.25, 0.3) is 5.91 Å². The van der Waals surface area contributed by atoms with E-state index in [1.54, 1.807) is 18.2 Å². The number of hydrogen-bond acceptors (Lipinski definition) is 2. The summed E-state index contributed by atoms with van der Waals surface area (Å²) >= 11 is 6.04. The Labute approximate surface area is 143 Å². The van der Waals surface area contributed by atoms with Crippen molar-refractivity contribution in [3.63, 3.8) is 0 Å². The van der Waals surface area contributed by atoms with E-state index >= 15 is 0 Å². The molecular formula is C19H13ClN2O2. The van der Waals surface area contributed by atoms with E-state index in [0.29, 0.717) is 27.6 Å². The number of benzene rings is 2. The second-order valence-electron chi connectivity index (χ2n) is 5.74. The van der Waals surface area contributed by atoms with E-state index < -0.39 is 0 Å². The summed E-state index contributed by atoms with van der Waals surface area (Å²) in [6.07, 6.45) is 0. The van der Waals surface area contributed by atoms with Gasteiger partial charge in [0, 0.05) is 16.1 Å². The molecule has 4 rings (SSSR count). The summed E-state index contributed by atoms with van der Waals surface area (Å²) in [5.74, 6) is -0.433. The van der Waals surface area contributed by atoms with Gasteiger partial charge in [0.1, 0.15) is 0 Å². The lowest BCUT2D eigenvalue weighted by atomic mass is 9.99. The van der Waals surface area contributed by atoms with E-state index in [9.17, 15) is 9.90 Å². The van der Waals surface area contributed by atoms with E-state index in [1.165, 1.54) is 0 Å². The lowest BCUT2D eigenvalue weighted by molar-refractivity contribution is 0.101. The quantitative estimate of drug-likeness (QED) is 0.731. The molecule has 118 valence electrons. The largest absolute Gasteiger partial charge is 0.494 e. The minimum Gasteiger partial charge on any atom is -0.494 e. The van der Waals surface area contributed by atoms with Crippen molar-refractivity contribution in [2.75, 3.05) is 0 Å². The number of halogens is 1. The van der Waals surface area contributed by atoms with Crippen LogP contribution in [-0.2, 0) is 0 Å². The van der Waals surface area contributed by atoms with Gasteiger partial charge in [-0.05, 0) is 19.1 Å². The van der Waals surface area contributed by atoms with Crippen LogP contribution in [0.25, 0.3) is 11.3 Å². The molecule has 1 amide bonds. The van der Waals surface area contributed by atoms with Crippen molar-refractivity contribution in [1.82, 2.24) is 4.98 Å². The summed E-state index contributed by atoms with van der Waals surface area (Å²) in [4.78, 5) is 19.5. The third-order valence-electron chi connectivity index (χ3n) is 4.08. The molecule has 5 heteroatoms. The summed E-state index contributed by atoms with van der Waals surface area (Å²) in [6, 6.07) is 14.8. The van der Waals surface area contributed by atoms with E-state index in [1.807, 2.05) is 37.3 Å². The third kappa shape index (κ3) is 2.23. The van der Waals surface area contributed by atoms with E-state index in [2.05, 4.69) is 9.98 Å². The van der Waals surface area contributed by atoms with Crippen LogP contribution in [-0.4, -0.2) is 21.7 Å². The Morgan fingerprint density at radius 2 is 1.79 bits per heavy atom. The zero-order valence-electron chi connectivity index (χ0n) is 12.8. The Bertz CT molecular complexity index is 1000. The van der Waals surface area contributed by atoms with Gasteiger partial charge in [0.2, 0.25) is 0 Å². The molecule has 0 unspecified atom stereocenters. The van der Waals surface area contributed by atoms with Crippen molar-refractivity contribution in [3.8, 4) is 17.1 Å². The number of nitrogens with zero attached hydrogens (tertiary/aromatic N) is 1. The smallest absolute Gasteiger partial charge is 0.280 e. The molecule has 3 aromatic rings. The van der Waals surface area contributed by atoms with Gasteiger partial charge in [0.15, 0.2) is 5.88 Å². The number of nitrogens with one attached hydrogen (secondary N) is 1. The first-order valence-electron chi connectivity index (χ1n) is 7.46. The number of aromatic nitrogens is 1. The van der Waals surface area contributed by atoms with Crippen LogP contribution in [0.1, 0.15) is 27.0 Å². The van der Waals surface area contributed by atoms with Gasteiger partial charge in [-0.3, -0.25) is 4.79 Å². The fourth-order valence-corrected chi connectivity index (χ4v) is 3.12. The van der Waals surface area contributed by atoms with Gasteiger partial charge in [-0.1, -0.05) is 53.6 Å². The molecule has 24 heavy (non-hydrogen) atoms. The Balaban J connectivity index is 1.89. The number of aryl methyl sites for hydroxylation is 1. The number of aromatic amines is 1. The molecular weight excluding hydrogens is 324 g/mol. The first-order chi connectivity index (χ1) is 11.5. The highest BCUT2D eigenvalue weighted by molar-refractivity contribution is 6.32. The summed E-state index contributed by atoms with van der Waals surface area (Å²) < 4.78 is 0. The number of carbonyl (C=O) groups is 1. The summed E-state index contributed by atoms with van der Waals surface area (Å²) in [7, 11) is 0. The molecule has 0 fully saturated rings. The summed E-state index contributed by atoms with van der Waals surface area (Å²) in [6.45, 7) is 1.99. The van der Waals surface area contributed by atoms with Crippen molar-refractivity contribution >= 4 is 23.2 Å². The summed E-state index contributed by atoms with van der Waals surface area (Å²) in [5.41, 5.74) is 4.47. The predicted octanol–water partition coefficient (Wildman–Crippen LogP) is 4.34. The van der Waals surface area contributed by atoms with Gasteiger partial charge in [-0.15, -0.1) is 0 Å². The standard InChI is InChI=1S/C19H13ClN2O2/c1-10-5-7-11(8-6-10)16-14-15(19(24)21-16)17(22-18(14)23)12-3-2-4-13(20)9-12/h2-9,22-23H,1H3. The van der Waals surface area contributed by atoms with Crippen LogP contribution in [0, 0.1) is 6.92 Å². The van der Waals surface area contributed by atoms with Gasteiger partial charge >= 0.3 is 0 Å². The second-order valence-corrected chi connectivity index (χ2v) is 6.18. The molecule has 4 nitrogen and oxygen atoms in total. The van der Waals surface area contributed by atoms with Crippen molar-refractivity contribution in [1.29, 1.82) is 0 Å². The molecule has 1 aliphatic rings. The number of aromatic hydroxyl groups is 1. The van der Waals surface area contributed by atoms with Crippen molar-refractivity contribution in [2.24, 2.45) is 4.99 Å². The summed E-state index contributed by atoms with van der Waals surface area (Å²) in [5, 5.41) is 10.9. The lowest BCUT2D eigenvalue weighted by Crippen LogP contribution is -1.99. The van der Waals surface area contributed by atoms with Crippen LogP contribution >= 0.6 is 11.6 Å². The molecule has 2 aromatic carbocycles. The highest BCUT2D eigenvalue weighted by Crippen LogP contribution is 2.38. The van der Waals surface area contributed by atoms with E-state index in [4.69, 9.17) is 11.6 Å². The maximum absolute atomic E-state index is 12.5. The molecule has 1 aliphatic heterocycles. The Morgan fingerprint density at radius 3 is 2.50 bits per heavy atom. The zero-order valence-corrected chi connectivity index (χ0v) is 13.6. The average molecular weight is 337 g/mol. The molecule has 0 bridgehead atoms. The van der Waals surface area contributed by atoms with Crippen LogP contribution in [0.5, 0.6) is 5.88 Å². The van der Waals surface area contributed by atoms with Crippen LogP contribution in [0.2, 0.25) is 5.02 Å². The minimum atomic E-state index is -0.368. The minimum absolute atomic E-state index is 0.0647. The Kier molecular flexibility index (Phi) is 3.28. The number of fused-ring (bicyclic) bond motifs is 1. The average Bonchev–Trinajstić information content (AvgIpc) is 3.08. The van der Waals surface area contributed by atoms with Crippen LogP contribution < -0.4 is 0 Å². The molecule has 0 aliphatic carbocycles. The molecule has 0 radical (unpaired) electrons. The van der Waals surface area contributed by atoms with Crippen molar-refractivity contribution in [3.05, 3.63) is 75.8 Å². The van der Waals surface area contributed by atoms with Crippen molar-refractivity contribution < 1.29 is 9.90 Å². The molecule has 1 aromatic heterocycles. The van der Waals surface area contributed by atoms with E-state index in [-0.39, 0.29) is 11.8 Å². The molecule has 0 saturated heterocycles. The van der Waals surface area contributed by atoms with Gasteiger partial charge in [-0.2, -0.15) is 0 Å². The SMILES string of the molecule is Cc1ccc(C2=NC(=O)c3c(-c4cccc(Cl)c4)[nH]c(O)c32)cc1. The molecule has 2 heterocycles. The highest BCUT2D eigenvalue weighted by Gasteiger charge is 2.33. The van der Waals surface area contributed by atoms with Crippen molar-refractivity contribution in [2.45, 2.75) is 6.92 Å². The normalized spacial score (nSPS) is 13.1. The fraction of sp³-hybridized carbons (Fsp3) is 0.0526. The highest BCUT2D eigenvalue weighted by atomic mass is 35.5. The zero-order chi connectivity index (χ0) is 16.8. The lowest BCUT2D eigenvalue weighted by Gasteiger charge is -2.01. The van der Waals surface area contributed by atoms with Crippen LogP contribution in [0.15, 0.2) is 53.5 Å². The maximum Gasteiger partial charge on any atom is 0.280 e. The second kappa shape index (κ2) is 5.35. The first kappa shape index (κ1) is 14.7. The first-order valence-corrected chi connectivity index (χ1v) is 7.83. The van der Waals surface area contributed by atoms with E-state index in [0.717, 1.165) is 16.7 Å². The van der Waals surface area contributed by atoms with Crippen LogP contribution in [0.3, 0.4) is 0 Å². The topological polar surface area (TPSA) is 65.5 Å². The fourth-order valence-electron chi connectivity index (χ4n) is 2.93. The number of amides is 1. The monoisotopic (exact) mass is 336 g/mol. The number of H-pyrrole nitrogens is 1.